The molecule has 2 aliphatic rings. The van der Waals surface area contributed by atoms with E-state index in [0.717, 1.165) is 118 Å². The minimum atomic E-state index is -1.27. The van der Waals surface area contributed by atoms with Crippen LogP contribution in [0.25, 0.3) is 56.7 Å². The van der Waals surface area contributed by atoms with Crippen molar-refractivity contribution in [2.24, 2.45) is 0 Å². The zero-order chi connectivity index (χ0) is 61.8. The molecule has 13 aromatic rings. The van der Waals surface area contributed by atoms with Gasteiger partial charge in [0, 0.05) is 29.2 Å². The van der Waals surface area contributed by atoms with Gasteiger partial charge in [-0.25, -0.2) is 17.6 Å². The molecule has 0 saturated heterocycles. The van der Waals surface area contributed by atoms with Gasteiger partial charge >= 0.3 is 0 Å². The molecule has 15 rings (SSSR count). The van der Waals surface area contributed by atoms with Gasteiger partial charge in [-0.3, -0.25) is 0 Å². The normalized spacial score (nSPS) is 15.0. The van der Waals surface area contributed by atoms with Crippen LogP contribution in [0.15, 0.2) is 310 Å². The van der Waals surface area contributed by atoms with E-state index in [9.17, 15) is 0 Å². The lowest BCUT2D eigenvalue weighted by Crippen LogP contribution is -2.29. The Labute approximate surface area is 526 Å². The van der Waals surface area contributed by atoms with Gasteiger partial charge in [0.1, 0.15) is 46.3 Å². The molecule has 3 nitrogen and oxygen atoms in total. The van der Waals surface area contributed by atoms with Crippen molar-refractivity contribution in [1.82, 2.24) is 0 Å². The van der Waals surface area contributed by atoms with Crippen LogP contribution in [0.4, 0.5) is 34.6 Å². The topological polar surface area (TPSA) is 21.7 Å². The first-order valence-corrected chi connectivity index (χ1v) is 30.1. The second-order valence-electron chi connectivity index (χ2n) is 23.0. The third-order valence-corrected chi connectivity index (χ3v) is 17.9. The van der Waals surface area contributed by atoms with Crippen molar-refractivity contribution < 1.29 is 27.0 Å². The molecule has 13 aromatic carbocycles. The first-order chi connectivity index (χ1) is 44.6. The van der Waals surface area contributed by atoms with Crippen molar-refractivity contribution in [3.05, 3.63) is 389 Å². The molecule has 0 fully saturated rings. The van der Waals surface area contributed by atoms with Crippen molar-refractivity contribution in [2.45, 2.75) is 10.8 Å². The van der Waals surface area contributed by atoms with Crippen LogP contribution in [-0.2, 0) is 10.8 Å². The summed E-state index contributed by atoms with van der Waals surface area (Å²) in [6.07, 6.45) is 3.55. The summed E-state index contributed by atoms with van der Waals surface area (Å²) in [4.78, 5) is 2.19. The summed E-state index contributed by atoms with van der Waals surface area (Å²) in [5.41, 5.74) is 15.1. The molecular formula is C84H55F4NO2. The highest BCUT2D eigenvalue weighted by Crippen LogP contribution is 2.60. The number of anilines is 3. The van der Waals surface area contributed by atoms with Crippen LogP contribution in [0.1, 0.15) is 55.6 Å². The lowest BCUT2D eigenvalue weighted by atomic mass is 9.67. The molecule has 7 heteroatoms. The Hall–Kier alpha value is -11.5. The first kappa shape index (κ1) is 56.0. The minimum Gasteiger partial charge on any atom is -0.457 e. The molecule has 0 aliphatic heterocycles. The molecule has 0 spiro atoms. The summed E-state index contributed by atoms with van der Waals surface area (Å²) in [6.45, 7) is 7.77. The van der Waals surface area contributed by atoms with E-state index in [2.05, 4.69) is 127 Å². The number of halogens is 4. The number of hydrogen-bond acceptors (Lipinski definition) is 3. The van der Waals surface area contributed by atoms with Gasteiger partial charge in [-0.2, -0.15) is 0 Å². The lowest BCUT2D eigenvalue weighted by molar-refractivity contribution is 0.482. The van der Waals surface area contributed by atoms with Crippen molar-refractivity contribution in [3.63, 3.8) is 0 Å². The van der Waals surface area contributed by atoms with E-state index in [-0.39, 0.29) is 0 Å². The molecule has 0 amide bonds. The van der Waals surface area contributed by atoms with Crippen LogP contribution < -0.4 is 14.4 Å². The molecular weight excluding hydrogens is 1130 g/mol. The van der Waals surface area contributed by atoms with Crippen molar-refractivity contribution in [2.75, 3.05) is 4.90 Å². The van der Waals surface area contributed by atoms with Gasteiger partial charge in [0.05, 0.1) is 10.8 Å². The van der Waals surface area contributed by atoms with Gasteiger partial charge in [0.25, 0.3) is 0 Å². The Balaban J connectivity index is 0.942. The van der Waals surface area contributed by atoms with Crippen LogP contribution in [0.2, 0.25) is 0 Å². The smallest absolute Gasteiger partial charge is 0.127 e. The highest BCUT2D eigenvalue weighted by molar-refractivity contribution is 5.93. The quantitative estimate of drug-likeness (QED) is 0.0955. The predicted octanol–water partition coefficient (Wildman–Crippen LogP) is 22.6. The minimum absolute atomic E-state index is 0.403. The standard InChI is InChI=1S/C84H55F4NO2/c1-3-54-21-35-71(36-22-54)90-73-39-27-60(28-40-73)83(62-46-64(85)50-65(86)47-62)79-19-10-8-17-75(79)77-43-33-69(52-81(77)83)89(68-31-25-57(26-32-68)59-16-12-15-58(45-59)56-13-6-5-7-14-56)70-34-44-78-76-18-9-11-20-80(76)84(82(78)53-70,63-48-66(87)51-67(88)49-63)61-29-41-74(42-30-61)91-72-37-23-55(4-2)24-38-72/h3-53H,1-2H2. The molecule has 436 valence electrons. The maximum Gasteiger partial charge on any atom is 0.127 e. The fourth-order valence-electron chi connectivity index (χ4n) is 13.9. The molecule has 0 radical (unpaired) electrons. The summed E-state index contributed by atoms with van der Waals surface area (Å²) < 4.78 is 77.4. The number of hydrogen-bond donors (Lipinski definition) is 0. The number of benzene rings is 13. The first-order valence-electron chi connectivity index (χ1n) is 30.1. The average molecular weight is 1190 g/mol. The maximum absolute atomic E-state index is 16.2. The van der Waals surface area contributed by atoms with Crippen LogP contribution in [0, 0.1) is 23.3 Å². The van der Waals surface area contributed by atoms with Crippen LogP contribution in [0.5, 0.6) is 23.0 Å². The fraction of sp³-hybridized carbons (Fsp3) is 0.0238. The molecule has 0 bridgehead atoms. The number of fused-ring (bicyclic) bond motifs is 6. The van der Waals surface area contributed by atoms with E-state index in [4.69, 9.17) is 9.47 Å². The fourth-order valence-corrected chi connectivity index (χ4v) is 13.9. The van der Waals surface area contributed by atoms with Crippen LogP contribution >= 0.6 is 0 Å². The molecule has 91 heavy (non-hydrogen) atoms. The number of nitrogens with zero attached hydrogens (tertiary/aromatic N) is 1. The SMILES string of the molecule is C=Cc1ccc(Oc2ccc(C3(c4cc(F)cc(F)c4)c4ccccc4-c4ccc(N(c5ccc(-c6cccc(-c7ccccc7)c6)cc5)c5ccc6c(c5)C(c5ccc(Oc7ccc(C=C)cc7)cc5)(c5cc(F)cc(F)c5)c5ccccc5-6)cc43)cc2)cc1. The Morgan fingerprint density at radius 3 is 1.04 bits per heavy atom. The Bertz CT molecular complexity index is 4660. The van der Waals surface area contributed by atoms with E-state index >= 15 is 17.6 Å². The van der Waals surface area contributed by atoms with Gasteiger partial charge in [-0.15, -0.1) is 0 Å². The van der Waals surface area contributed by atoms with Crippen molar-refractivity contribution in [1.29, 1.82) is 0 Å². The van der Waals surface area contributed by atoms with E-state index < -0.39 is 34.1 Å². The molecule has 0 heterocycles. The van der Waals surface area contributed by atoms with Gasteiger partial charge < -0.3 is 14.4 Å². The third kappa shape index (κ3) is 9.79. The Morgan fingerprint density at radius 2 is 0.626 bits per heavy atom. The van der Waals surface area contributed by atoms with E-state index in [1.807, 2.05) is 152 Å². The summed E-state index contributed by atoms with van der Waals surface area (Å²) in [5, 5.41) is 0. The van der Waals surface area contributed by atoms with Crippen LogP contribution in [0.3, 0.4) is 0 Å². The monoisotopic (exact) mass is 1190 g/mol. The summed E-state index contributed by atoms with van der Waals surface area (Å²) in [5.74, 6) is -0.414. The molecule has 2 atom stereocenters. The summed E-state index contributed by atoms with van der Waals surface area (Å²) in [6, 6.07) is 94.3. The zero-order valence-electron chi connectivity index (χ0n) is 49.1. The highest BCUT2D eigenvalue weighted by Gasteiger charge is 2.49. The van der Waals surface area contributed by atoms with Gasteiger partial charge in [0.2, 0.25) is 0 Å². The molecule has 0 aromatic heterocycles. The Kier molecular flexibility index (Phi) is 14.1. The van der Waals surface area contributed by atoms with E-state index in [1.165, 1.54) is 24.3 Å². The maximum atomic E-state index is 16.2. The van der Waals surface area contributed by atoms with Crippen LogP contribution in [-0.4, -0.2) is 0 Å². The van der Waals surface area contributed by atoms with Gasteiger partial charge in [-0.05, 0) is 215 Å². The highest BCUT2D eigenvalue weighted by atomic mass is 19.1. The number of rotatable bonds is 15. The van der Waals surface area contributed by atoms with Crippen molar-refractivity contribution in [3.8, 4) is 67.5 Å². The molecule has 0 saturated carbocycles. The summed E-state index contributed by atoms with van der Waals surface area (Å²) in [7, 11) is 0. The Morgan fingerprint density at radius 1 is 0.275 bits per heavy atom. The molecule has 2 unspecified atom stereocenters. The predicted molar refractivity (Wildman–Crippen MR) is 360 cm³/mol. The van der Waals surface area contributed by atoms with Gasteiger partial charge in [0.15, 0.2) is 0 Å². The lowest BCUT2D eigenvalue weighted by Gasteiger charge is -2.36. The second kappa shape index (κ2) is 22.9. The summed E-state index contributed by atoms with van der Waals surface area (Å²) >= 11 is 0. The van der Waals surface area contributed by atoms with Gasteiger partial charge in [-0.1, -0.05) is 195 Å². The second-order valence-corrected chi connectivity index (χ2v) is 23.0. The average Bonchev–Trinajstić information content (AvgIpc) is 1.57. The third-order valence-electron chi connectivity index (χ3n) is 17.9. The van der Waals surface area contributed by atoms with E-state index in [1.54, 1.807) is 12.2 Å². The zero-order valence-corrected chi connectivity index (χ0v) is 49.1. The molecule has 2 aliphatic carbocycles. The number of ether oxygens (including phenoxy) is 2. The van der Waals surface area contributed by atoms with E-state index in [0.29, 0.717) is 34.1 Å². The largest absolute Gasteiger partial charge is 0.457 e. The van der Waals surface area contributed by atoms with Crippen molar-refractivity contribution >= 4 is 29.2 Å². The molecule has 0 N–H and O–H groups in total.